The maximum atomic E-state index is 13.8. The average Bonchev–Trinajstić information content (AvgIpc) is 2.59. The van der Waals surface area contributed by atoms with Crippen LogP contribution in [0.1, 0.15) is 37.0 Å². The van der Waals surface area contributed by atoms with Gasteiger partial charge in [0, 0.05) is 21.6 Å². The predicted molar refractivity (Wildman–Crippen MR) is 101 cm³/mol. The van der Waals surface area contributed by atoms with Crippen LogP contribution in [0.3, 0.4) is 0 Å². The highest BCUT2D eigenvalue weighted by Gasteiger charge is 2.14. The van der Waals surface area contributed by atoms with Gasteiger partial charge in [0.1, 0.15) is 5.82 Å². The van der Waals surface area contributed by atoms with Crippen molar-refractivity contribution in [2.45, 2.75) is 26.7 Å². The lowest BCUT2D eigenvalue weighted by molar-refractivity contribution is -0.120. The molecule has 2 amide bonds. The van der Waals surface area contributed by atoms with Crippen molar-refractivity contribution >= 4 is 39.1 Å². The molecule has 6 heteroatoms. The van der Waals surface area contributed by atoms with Gasteiger partial charge in [0.25, 0.3) is 5.91 Å². The molecular weight excluding hydrogens is 387 g/mol. The molecular formula is C19H20BrFN2O2. The molecule has 2 N–H and O–H groups in total. The first-order valence-corrected chi connectivity index (χ1v) is 8.91. The monoisotopic (exact) mass is 406 g/mol. The Kier molecular flexibility index (Phi) is 6.70. The van der Waals surface area contributed by atoms with Crippen molar-refractivity contribution < 1.29 is 14.0 Å². The lowest BCUT2D eigenvalue weighted by atomic mass is 10.0. The Labute approximate surface area is 154 Å². The lowest BCUT2D eigenvalue weighted by Crippen LogP contribution is -2.21. The van der Waals surface area contributed by atoms with Crippen molar-refractivity contribution in [3.8, 4) is 0 Å². The first-order chi connectivity index (χ1) is 11.9. The van der Waals surface area contributed by atoms with Gasteiger partial charge in [-0.25, -0.2) is 4.39 Å². The third-order valence-corrected chi connectivity index (χ3v) is 4.44. The molecule has 0 saturated carbocycles. The Balaban J connectivity index is 2.03. The van der Waals surface area contributed by atoms with E-state index in [1.807, 2.05) is 13.8 Å². The van der Waals surface area contributed by atoms with Crippen LogP contribution in [0.5, 0.6) is 0 Å². The average molecular weight is 407 g/mol. The number of carbonyl (C=O) groups excluding carboxylic acids is 2. The molecule has 0 aliphatic rings. The number of hydrogen-bond acceptors (Lipinski definition) is 2. The molecule has 0 unspecified atom stereocenters. The van der Waals surface area contributed by atoms with Crippen molar-refractivity contribution in [1.29, 1.82) is 0 Å². The first-order valence-electron chi connectivity index (χ1n) is 8.11. The third-order valence-electron chi connectivity index (χ3n) is 3.95. The summed E-state index contributed by atoms with van der Waals surface area (Å²) in [7, 11) is 0. The fraction of sp³-hybridized carbons (Fsp3) is 0.263. The summed E-state index contributed by atoms with van der Waals surface area (Å²) in [4.78, 5) is 24.3. The molecule has 0 bridgehead atoms. The Hall–Kier alpha value is -2.21. The van der Waals surface area contributed by atoms with E-state index < -0.39 is 11.7 Å². The number of benzene rings is 2. The van der Waals surface area contributed by atoms with E-state index >= 15 is 0 Å². The van der Waals surface area contributed by atoms with Gasteiger partial charge in [-0.05, 0) is 55.3 Å². The van der Waals surface area contributed by atoms with Gasteiger partial charge in [0.2, 0.25) is 5.91 Å². The molecule has 0 saturated heterocycles. The van der Waals surface area contributed by atoms with Crippen molar-refractivity contribution in [2.24, 2.45) is 5.92 Å². The highest BCUT2D eigenvalue weighted by atomic mass is 79.9. The van der Waals surface area contributed by atoms with Gasteiger partial charge in [-0.1, -0.05) is 29.8 Å². The van der Waals surface area contributed by atoms with E-state index in [0.717, 1.165) is 12.8 Å². The molecule has 0 atom stereocenters. The van der Waals surface area contributed by atoms with Crippen LogP contribution in [-0.4, -0.2) is 11.8 Å². The number of rotatable bonds is 6. The topological polar surface area (TPSA) is 58.2 Å². The second kappa shape index (κ2) is 8.76. The number of halogens is 2. The van der Waals surface area contributed by atoms with E-state index in [2.05, 4.69) is 26.6 Å². The van der Waals surface area contributed by atoms with E-state index in [-0.39, 0.29) is 17.5 Å². The van der Waals surface area contributed by atoms with E-state index in [0.29, 0.717) is 15.7 Å². The van der Waals surface area contributed by atoms with Crippen LogP contribution in [0.2, 0.25) is 0 Å². The van der Waals surface area contributed by atoms with E-state index in [1.165, 1.54) is 12.1 Å². The van der Waals surface area contributed by atoms with Gasteiger partial charge in [0.05, 0.1) is 5.69 Å². The summed E-state index contributed by atoms with van der Waals surface area (Å²) in [5, 5.41) is 5.37. The molecule has 132 valence electrons. The third kappa shape index (κ3) is 5.13. The Morgan fingerprint density at radius 1 is 1.04 bits per heavy atom. The van der Waals surface area contributed by atoms with Crippen LogP contribution in [0, 0.1) is 11.7 Å². The van der Waals surface area contributed by atoms with Gasteiger partial charge in [0.15, 0.2) is 0 Å². The minimum absolute atomic E-state index is 0.0247. The van der Waals surface area contributed by atoms with Crippen LogP contribution >= 0.6 is 15.9 Å². The van der Waals surface area contributed by atoms with Gasteiger partial charge in [-0.3, -0.25) is 9.59 Å². The molecule has 25 heavy (non-hydrogen) atoms. The zero-order valence-electron chi connectivity index (χ0n) is 14.1. The molecule has 0 aliphatic carbocycles. The van der Waals surface area contributed by atoms with Crippen LogP contribution < -0.4 is 10.6 Å². The second-order valence-electron chi connectivity index (χ2n) is 5.66. The Bertz CT molecular complexity index is 759. The maximum Gasteiger partial charge on any atom is 0.255 e. The molecule has 2 aromatic rings. The van der Waals surface area contributed by atoms with Gasteiger partial charge < -0.3 is 10.6 Å². The van der Waals surface area contributed by atoms with Crippen molar-refractivity contribution in [1.82, 2.24) is 0 Å². The summed E-state index contributed by atoms with van der Waals surface area (Å²) in [6.45, 7) is 3.95. The SMILES string of the molecule is CCC(CC)C(=O)Nc1ccc(C(=O)Nc2ccc(Br)cc2F)cc1. The summed E-state index contributed by atoms with van der Waals surface area (Å²) >= 11 is 3.17. The molecule has 0 heterocycles. The van der Waals surface area contributed by atoms with Crippen LogP contribution in [0.25, 0.3) is 0 Å². The molecule has 2 rings (SSSR count). The van der Waals surface area contributed by atoms with Crippen LogP contribution in [0.4, 0.5) is 15.8 Å². The fourth-order valence-electron chi connectivity index (χ4n) is 2.39. The normalized spacial score (nSPS) is 10.6. The highest BCUT2D eigenvalue weighted by Crippen LogP contribution is 2.20. The van der Waals surface area contributed by atoms with Crippen molar-refractivity contribution in [3.63, 3.8) is 0 Å². The second-order valence-corrected chi connectivity index (χ2v) is 6.57. The van der Waals surface area contributed by atoms with Crippen molar-refractivity contribution in [3.05, 3.63) is 58.3 Å². The summed E-state index contributed by atoms with van der Waals surface area (Å²) < 4.78 is 14.4. The number of amides is 2. The molecule has 0 fully saturated rings. The van der Waals surface area contributed by atoms with Crippen LogP contribution in [-0.2, 0) is 4.79 Å². The molecule has 0 radical (unpaired) electrons. The number of carbonyl (C=O) groups is 2. The Morgan fingerprint density at radius 3 is 2.24 bits per heavy atom. The van der Waals surface area contributed by atoms with Gasteiger partial charge >= 0.3 is 0 Å². The number of hydrogen-bond donors (Lipinski definition) is 2. The minimum Gasteiger partial charge on any atom is -0.326 e. The van der Waals surface area contributed by atoms with Crippen LogP contribution in [0.15, 0.2) is 46.9 Å². The highest BCUT2D eigenvalue weighted by molar-refractivity contribution is 9.10. The Morgan fingerprint density at radius 2 is 1.68 bits per heavy atom. The summed E-state index contributed by atoms with van der Waals surface area (Å²) in [6, 6.07) is 10.9. The summed E-state index contributed by atoms with van der Waals surface area (Å²) in [5.74, 6) is -0.988. The summed E-state index contributed by atoms with van der Waals surface area (Å²) in [5.41, 5.74) is 1.12. The largest absolute Gasteiger partial charge is 0.326 e. The molecule has 0 aromatic heterocycles. The van der Waals surface area contributed by atoms with E-state index in [9.17, 15) is 14.0 Å². The van der Waals surface area contributed by atoms with Crippen molar-refractivity contribution in [2.75, 3.05) is 10.6 Å². The molecule has 0 aliphatic heterocycles. The number of anilines is 2. The van der Waals surface area contributed by atoms with E-state index in [4.69, 9.17) is 0 Å². The number of nitrogens with one attached hydrogen (secondary N) is 2. The zero-order valence-corrected chi connectivity index (χ0v) is 15.7. The quantitative estimate of drug-likeness (QED) is 0.690. The van der Waals surface area contributed by atoms with Gasteiger partial charge in [-0.2, -0.15) is 0 Å². The lowest BCUT2D eigenvalue weighted by Gasteiger charge is -2.13. The minimum atomic E-state index is -0.517. The molecule has 2 aromatic carbocycles. The van der Waals surface area contributed by atoms with E-state index in [1.54, 1.807) is 30.3 Å². The fourth-order valence-corrected chi connectivity index (χ4v) is 2.73. The zero-order chi connectivity index (χ0) is 18.4. The first kappa shape index (κ1) is 19.1. The maximum absolute atomic E-state index is 13.8. The molecule has 0 spiro atoms. The molecule has 4 nitrogen and oxygen atoms in total. The standard InChI is InChI=1S/C19H20BrFN2O2/c1-3-12(4-2)18(24)22-15-8-5-13(6-9-15)19(25)23-17-10-7-14(20)11-16(17)21/h5-12H,3-4H2,1-2H3,(H,22,24)(H,23,25). The summed E-state index contributed by atoms with van der Waals surface area (Å²) in [6.07, 6.45) is 1.56. The predicted octanol–water partition coefficient (Wildman–Crippen LogP) is 5.22. The van der Waals surface area contributed by atoms with Gasteiger partial charge in [-0.15, -0.1) is 0 Å². The smallest absolute Gasteiger partial charge is 0.255 e.